The molecule has 0 spiro atoms. The highest BCUT2D eigenvalue weighted by Crippen LogP contribution is 2.26. The van der Waals surface area contributed by atoms with Crippen molar-refractivity contribution in [1.82, 2.24) is 10.2 Å². The fraction of sp³-hybridized carbons (Fsp3) is 0.600. The minimum Gasteiger partial charge on any atom is -0.379 e. The van der Waals surface area contributed by atoms with Gasteiger partial charge in [-0.1, -0.05) is 29.3 Å². The molecule has 3 nitrogen and oxygen atoms in total. The topological polar surface area (TPSA) is 24.5 Å². The average Bonchev–Trinajstić information content (AvgIpc) is 2.39. The van der Waals surface area contributed by atoms with Gasteiger partial charge in [-0.3, -0.25) is 4.90 Å². The van der Waals surface area contributed by atoms with Gasteiger partial charge in [0, 0.05) is 41.8 Å². The third kappa shape index (κ3) is 4.61. The van der Waals surface area contributed by atoms with Crippen LogP contribution in [0, 0.1) is 0 Å². The molecule has 1 aromatic rings. The maximum atomic E-state index is 6.25. The lowest BCUT2D eigenvalue weighted by Crippen LogP contribution is -2.45. The monoisotopic (exact) mass is 316 g/mol. The van der Waals surface area contributed by atoms with Crippen molar-refractivity contribution in [2.75, 3.05) is 32.8 Å². The van der Waals surface area contributed by atoms with Crippen LogP contribution in [0.5, 0.6) is 0 Å². The molecular weight excluding hydrogens is 295 g/mol. The molecule has 2 rings (SSSR count). The van der Waals surface area contributed by atoms with Crippen molar-refractivity contribution in [2.24, 2.45) is 0 Å². The third-order valence-corrected chi connectivity index (χ3v) is 4.16. The van der Waals surface area contributed by atoms with Crippen LogP contribution in [0.2, 0.25) is 10.0 Å². The highest BCUT2D eigenvalue weighted by Gasteiger charge is 2.17. The lowest BCUT2D eigenvalue weighted by Gasteiger charge is -2.31. The van der Waals surface area contributed by atoms with E-state index in [1.807, 2.05) is 12.1 Å². The summed E-state index contributed by atoms with van der Waals surface area (Å²) in [6.07, 6.45) is 0. The smallest absolute Gasteiger partial charge is 0.0594 e. The molecule has 0 radical (unpaired) electrons. The first-order valence-corrected chi connectivity index (χ1v) is 7.83. The van der Waals surface area contributed by atoms with Gasteiger partial charge in [0.1, 0.15) is 0 Å². The van der Waals surface area contributed by atoms with E-state index in [2.05, 4.69) is 24.1 Å². The molecule has 0 bridgehead atoms. The molecule has 1 heterocycles. The Morgan fingerprint density at radius 3 is 2.60 bits per heavy atom. The Hall–Kier alpha value is -0.320. The van der Waals surface area contributed by atoms with Crippen LogP contribution in [-0.2, 0) is 4.74 Å². The number of rotatable bonds is 5. The zero-order chi connectivity index (χ0) is 14.5. The summed E-state index contributed by atoms with van der Waals surface area (Å²) in [5.74, 6) is 0. The van der Waals surface area contributed by atoms with E-state index in [-0.39, 0.29) is 6.04 Å². The van der Waals surface area contributed by atoms with Gasteiger partial charge in [0.25, 0.3) is 0 Å². The van der Waals surface area contributed by atoms with Gasteiger partial charge in [0.15, 0.2) is 0 Å². The summed E-state index contributed by atoms with van der Waals surface area (Å²) in [5.41, 5.74) is 1.09. The average molecular weight is 317 g/mol. The normalized spacial score (nSPS) is 19.8. The first-order chi connectivity index (χ1) is 9.56. The Labute approximate surface area is 131 Å². The van der Waals surface area contributed by atoms with Gasteiger partial charge >= 0.3 is 0 Å². The van der Waals surface area contributed by atoms with Crippen molar-refractivity contribution in [3.63, 3.8) is 0 Å². The van der Waals surface area contributed by atoms with E-state index in [0.717, 1.165) is 43.4 Å². The Morgan fingerprint density at radius 2 is 1.95 bits per heavy atom. The lowest BCUT2D eigenvalue weighted by atomic mass is 10.1. The highest BCUT2D eigenvalue weighted by molar-refractivity contribution is 6.35. The fourth-order valence-electron chi connectivity index (χ4n) is 2.59. The van der Waals surface area contributed by atoms with Crippen molar-refractivity contribution >= 4 is 23.2 Å². The van der Waals surface area contributed by atoms with Crippen LogP contribution in [0.1, 0.15) is 25.5 Å². The van der Waals surface area contributed by atoms with Crippen LogP contribution >= 0.6 is 23.2 Å². The summed E-state index contributed by atoms with van der Waals surface area (Å²) in [6, 6.07) is 6.27. The van der Waals surface area contributed by atoms with Crippen molar-refractivity contribution in [1.29, 1.82) is 0 Å². The lowest BCUT2D eigenvalue weighted by molar-refractivity contribution is 0.0339. The van der Waals surface area contributed by atoms with Crippen molar-refractivity contribution in [2.45, 2.75) is 25.9 Å². The molecule has 2 atom stereocenters. The van der Waals surface area contributed by atoms with E-state index < -0.39 is 0 Å². The van der Waals surface area contributed by atoms with Gasteiger partial charge in [-0.05, 0) is 31.5 Å². The Bertz CT molecular complexity index is 436. The number of benzene rings is 1. The van der Waals surface area contributed by atoms with Gasteiger partial charge in [-0.2, -0.15) is 0 Å². The Kier molecular flexibility index (Phi) is 6.12. The molecule has 1 aliphatic heterocycles. The first-order valence-electron chi connectivity index (χ1n) is 7.07. The van der Waals surface area contributed by atoms with Gasteiger partial charge in [-0.15, -0.1) is 0 Å². The summed E-state index contributed by atoms with van der Waals surface area (Å²) < 4.78 is 5.37. The van der Waals surface area contributed by atoms with Crippen LogP contribution in [0.4, 0.5) is 0 Å². The predicted molar refractivity (Wildman–Crippen MR) is 84.7 cm³/mol. The quantitative estimate of drug-likeness (QED) is 0.901. The van der Waals surface area contributed by atoms with Crippen LogP contribution in [-0.4, -0.2) is 43.8 Å². The van der Waals surface area contributed by atoms with Gasteiger partial charge in [0.05, 0.1) is 13.2 Å². The van der Waals surface area contributed by atoms with E-state index in [1.165, 1.54) is 0 Å². The standard InChI is InChI=1S/C15H22Cl2N2O/c1-11(10-19-5-7-20-8-6-19)18-12(2)14-4-3-13(16)9-15(14)17/h3-4,9,11-12,18H,5-8,10H2,1-2H3. The minimum absolute atomic E-state index is 0.204. The zero-order valence-corrected chi connectivity index (χ0v) is 13.5. The maximum absolute atomic E-state index is 6.25. The molecule has 112 valence electrons. The molecule has 20 heavy (non-hydrogen) atoms. The molecule has 0 aromatic heterocycles. The van der Waals surface area contributed by atoms with Gasteiger partial charge < -0.3 is 10.1 Å². The number of halogens is 2. The number of nitrogens with zero attached hydrogens (tertiary/aromatic N) is 1. The number of morpholine rings is 1. The van der Waals surface area contributed by atoms with E-state index in [4.69, 9.17) is 27.9 Å². The molecule has 2 unspecified atom stereocenters. The molecule has 0 aliphatic carbocycles. The second kappa shape index (κ2) is 7.62. The van der Waals surface area contributed by atoms with Crippen molar-refractivity contribution in [3.05, 3.63) is 33.8 Å². The largest absolute Gasteiger partial charge is 0.379 e. The molecule has 1 N–H and O–H groups in total. The Morgan fingerprint density at radius 1 is 1.25 bits per heavy atom. The molecule has 5 heteroatoms. The summed E-state index contributed by atoms with van der Waals surface area (Å²) in [4.78, 5) is 2.43. The van der Waals surface area contributed by atoms with E-state index in [9.17, 15) is 0 Å². The second-order valence-electron chi connectivity index (χ2n) is 5.37. The Balaban J connectivity index is 1.87. The molecule has 0 saturated carbocycles. The number of hydrogen-bond acceptors (Lipinski definition) is 3. The summed E-state index contributed by atoms with van der Waals surface area (Å²) in [6.45, 7) is 9.07. The fourth-order valence-corrected chi connectivity index (χ4v) is 3.17. The van der Waals surface area contributed by atoms with Crippen LogP contribution in [0.25, 0.3) is 0 Å². The molecule has 1 aromatic carbocycles. The summed E-state index contributed by atoms with van der Waals surface area (Å²) in [7, 11) is 0. The van der Waals surface area contributed by atoms with Crippen LogP contribution in [0.3, 0.4) is 0 Å². The van der Waals surface area contributed by atoms with Crippen LogP contribution < -0.4 is 5.32 Å². The molecule has 1 saturated heterocycles. The molecule has 1 aliphatic rings. The van der Waals surface area contributed by atoms with Crippen molar-refractivity contribution < 1.29 is 4.74 Å². The maximum Gasteiger partial charge on any atom is 0.0594 e. The molecule has 1 fully saturated rings. The highest BCUT2D eigenvalue weighted by atomic mass is 35.5. The van der Waals surface area contributed by atoms with Crippen molar-refractivity contribution in [3.8, 4) is 0 Å². The first kappa shape index (κ1) is 16.1. The second-order valence-corrected chi connectivity index (χ2v) is 6.21. The molecule has 0 amide bonds. The zero-order valence-electron chi connectivity index (χ0n) is 12.0. The number of hydrogen-bond donors (Lipinski definition) is 1. The predicted octanol–water partition coefficient (Wildman–Crippen LogP) is 3.36. The van der Waals surface area contributed by atoms with E-state index >= 15 is 0 Å². The molecular formula is C15H22Cl2N2O. The van der Waals surface area contributed by atoms with E-state index in [0.29, 0.717) is 11.1 Å². The number of ether oxygens (including phenoxy) is 1. The third-order valence-electron chi connectivity index (χ3n) is 3.60. The summed E-state index contributed by atoms with van der Waals surface area (Å²) >= 11 is 12.2. The SMILES string of the molecule is CC(CN1CCOCC1)NC(C)c1ccc(Cl)cc1Cl. The van der Waals surface area contributed by atoms with Gasteiger partial charge in [0.2, 0.25) is 0 Å². The summed E-state index contributed by atoms with van der Waals surface area (Å²) in [5, 5.41) is 4.99. The van der Waals surface area contributed by atoms with Crippen LogP contribution in [0.15, 0.2) is 18.2 Å². The minimum atomic E-state index is 0.204. The number of nitrogens with one attached hydrogen (secondary N) is 1. The van der Waals surface area contributed by atoms with E-state index in [1.54, 1.807) is 6.07 Å². The van der Waals surface area contributed by atoms with Gasteiger partial charge in [-0.25, -0.2) is 0 Å².